The van der Waals surface area contributed by atoms with E-state index in [1.165, 1.54) is 0 Å². The molecule has 2 aliphatic rings. The highest BCUT2D eigenvalue weighted by molar-refractivity contribution is 5.07. The van der Waals surface area contributed by atoms with Gasteiger partial charge in [-0.15, -0.1) is 0 Å². The summed E-state index contributed by atoms with van der Waals surface area (Å²) in [6.45, 7) is 4.38. The first-order chi connectivity index (χ1) is 8.45. The lowest BCUT2D eigenvalue weighted by atomic mass is 10.0. The highest BCUT2D eigenvalue weighted by Crippen LogP contribution is 2.28. The van der Waals surface area contributed by atoms with Crippen LogP contribution in [-0.2, 0) is 9.47 Å². The van der Waals surface area contributed by atoms with E-state index in [1.807, 2.05) is 12.3 Å². The number of hydrogen-bond acceptors (Lipinski definition) is 4. The Bertz CT molecular complexity index is 336. The van der Waals surface area contributed by atoms with E-state index in [9.17, 15) is 0 Å². The van der Waals surface area contributed by atoms with E-state index in [-0.39, 0.29) is 0 Å². The van der Waals surface area contributed by atoms with Crippen LogP contribution in [0.4, 0.5) is 0 Å². The average Bonchev–Trinajstić information content (AvgIpc) is 2.94. The second kappa shape index (κ2) is 5.16. The lowest BCUT2D eigenvalue weighted by Gasteiger charge is -2.41. The predicted molar refractivity (Wildman–Crippen MR) is 62.7 cm³/mol. The van der Waals surface area contributed by atoms with Crippen LogP contribution in [0.15, 0.2) is 12.3 Å². The van der Waals surface area contributed by atoms with Crippen LogP contribution >= 0.6 is 0 Å². The van der Waals surface area contributed by atoms with Gasteiger partial charge in [-0.25, -0.2) is 0 Å². The smallest absolute Gasteiger partial charge is 0.0755 e. The molecule has 94 valence electrons. The Hall–Kier alpha value is -0.910. The number of nitrogens with one attached hydrogen (secondary N) is 1. The number of hydrogen-bond donors (Lipinski definition) is 1. The van der Waals surface area contributed by atoms with Crippen LogP contribution in [0, 0.1) is 0 Å². The molecule has 0 aliphatic carbocycles. The highest BCUT2D eigenvalue weighted by Gasteiger charge is 2.32. The summed E-state index contributed by atoms with van der Waals surface area (Å²) in [4.78, 5) is 2.56. The van der Waals surface area contributed by atoms with Crippen molar-refractivity contribution >= 4 is 0 Å². The molecule has 0 spiro atoms. The Morgan fingerprint density at radius 1 is 1.24 bits per heavy atom. The van der Waals surface area contributed by atoms with Crippen LogP contribution in [0.5, 0.6) is 0 Å². The van der Waals surface area contributed by atoms with E-state index >= 15 is 0 Å². The molecule has 5 nitrogen and oxygen atoms in total. The number of nitrogens with zero attached hydrogens (tertiary/aromatic N) is 2. The molecular weight excluding hydrogens is 218 g/mol. The second-order valence-electron chi connectivity index (χ2n) is 4.68. The van der Waals surface area contributed by atoms with Gasteiger partial charge < -0.3 is 9.47 Å². The second-order valence-corrected chi connectivity index (χ2v) is 4.68. The predicted octanol–water partition coefficient (Wildman–Crippen LogP) is 0.962. The lowest BCUT2D eigenvalue weighted by Crippen LogP contribution is -2.47. The van der Waals surface area contributed by atoms with Crippen molar-refractivity contribution in [3.8, 4) is 0 Å². The van der Waals surface area contributed by atoms with Crippen molar-refractivity contribution in [2.24, 2.45) is 0 Å². The van der Waals surface area contributed by atoms with E-state index in [1.54, 1.807) is 0 Å². The Labute approximate surface area is 101 Å². The van der Waals surface area contributed by atoms with Crippen LogP contribution in [0.2, 0.25) is 0 Å². The van der Waals surface area contributed by atoms with E-state index < -0.39 is 0 Å². The van der Waals surface area contributed by atoms with Gasteiger partial charge >= 0.3 is 0 Å². The van der Waals surface area contributed by atoms with Crippen LogP contribution in [0.25, 0.3) is 0 Å². The van der Waals surface area contributed by atoms with Gasteiger partial charge in [0.05, 0.1) is 24.9 Å². The number of ether oxygens (including phenoxy) is 2. The summed E-state index contributed by atoms with van der Waals surface area (Å²) in [5.74, 6) is 0. The molecule has 3 rings (SSSR count). The molecule has 1 N–H and O–H groups in total. The summed E-state index contributed by atoms with van der Waals surface area (Å²) in [7, 11) is 0. The van der Waals surface area contributed by atoms with E-state index in [0.717, 1.165) is 51.5 Å². The molecular formula is C12H19N3O2. The van der Waals surface area contributed by atoms with Gasteiger partial charge in [-0.05, 0) is 18.9 Å². The normalized spacial score (nSPS) is 28.4. The number of aromatic nitrogens is 2. The minimum Gasteiger partial charge on any atom is -0.381 e. The molecule has 0 radical (unpaired) electrons. The van der Waals surface area contributed by atoms with E-state index in [4.69, 9.17) is 9.47 Å². The van der Waals surface area contributed by atoms with Gasteiger partial charge in [-0.3, -0.25) is 10.00 Å². The molecule has 1 aromatic heterocycles. The maximum absolute atomic E-state index is 5.61. The largest absolute Gasteiger partial charge is 0.381 e. The van der Waals surface area contributed by atoms with Crippen molar-refractivity contribution in [3.63, 3.8) is 0 Å². The van der Waals surface area contributed by atoms with E-state index in [0.29, 0.717) is 12.1 Å². The first-order valence-corrected chi connectivity index (χ1v) is 6.35. The molecule has 1 aromatic rings. The first-order valence-electron chi connectivity index (χ1n) is 6.35. The molecule has 2 saturated heterocycles. The SMILES string of the molecule is c1cc([C@@H]2COCCN2C2CCOCC2)[nH]n1. The van der Waals surface area contributed by atoms with Crippen molar-refractivity contribution < 1.29 is 9.47 Å². The fraction of sp³-hybridized carbons (Fsp3) is 0.750. The van der Waals surface area contributed by atoms with Crippen LogP contribution in [0.3, 0.4) is 0 Å². The molecule has 2 aliphatic heterocycles. The van der Waals surface area contributed by atoms with E-state index in [2.05, 4.69) is 15.1 Å². The minimum atomic E-state index is 0.328. The van der Waals surface area contributed by atoms with Gasteiger partial charge in [0.2, 0.25) is 0 Å². The quantitative estimate of drug-likeness (QED) is 0.832. The zero-order chi connectivity index (χ0) is 11.5. The maximum atomic E-state index is 5.61. The van der Waals surface area contributed by atoms with Gasteiger partial charge in [0, 0.05) is 32.0 Å². The van der Waals surface area contributed by atoms with Crippen molar-refractivity contribution in [2.45, 2.75) is 24.9 Å². The Kier molecular flexibility index (Phi) is 3.40. The summed E-state index contributed by atoms with van der Waals surface area (Å²) in [6.07, 6.45) is 4.07. The molecule has 0 unspecified atom stereocenters. The minimum absolute atomic E-state index is 0.328. The van der Waals surface area contributed by atoms with Crippen molar-refractivity contribution in [2.75, 3.05) is 33.0 Å². The fourth-order valence-corrected chi connectivity index (χ4v) is 2.79. The highest BCUT2D eigenvalue weighted by atomic mass is 16.5. The molecule has 0 bridgehead atoms. The monoisotopic (exact) mass is 237 g/mol. The zero-order valence-electron chi connectivity index (χ0n) is 9.97. The Balaban J connectivity index is 1.75. The summed E-state index contributed by atoms with van der Waals surface area (Å²) in [6, 6.07) is 3.00. The molecule has 17 heavy (non-hydrogen) atoms. The Morgan fingerprint density at radius 3 is 2.88 bits per heavy atom. The lowest BCUT2D eigenvalue weighted by molar-refractivity contribution is -0.0578. The third kappa shape index (κ3) is 2.36. The number of morpholine rings is 1. The standard InChI is InChI=1S/C12H19N3O2/c1-4-13-14-11(1)12-9-17-8-5-15(12)10-2-6-16-7-3-10/h1,4,10,12H,2-3,5-9H2,(H,13,14)/t12-/m0/s1. The molecule has 5 heteroatoms. The van der Waals surface area contributed by atoms with Crippen molar-refractivity contribution in [1.82, 2.24) is 15.1 Å². The zero-order valence-corrected chi connectivity index (χ0v) is 9.97. The van der Waals surface area contributed by atoms with Gasteiger partial charge in [0.1, 0.15) is 0 Å². The molecule has 1 atom stereocenters. The first kappa shape index (κ1) is 11.2. The fourth-order valence-electron chi connectivity index (χ4n) is 2.79. The molecule has 0 amide bonds. The third-order valence-corrected chi connectivity index (χ3v) is 3.71. The van der Waals surface area contributed by atoms with Gasteiger partial charge in [-0.2, -0.15) is 5.10 Å². The molecule has 2 fully saturated rings. The summed E-state index contributed by atoms with van der Waals surface area (Å²) in [5.41, 5.74) is 1.16. The topological polar surface area (TPSA) is 50.4 Å². The van der Waals surface area contributed by atoms with Gasteiger partial charge in [-0.1, -0.05) is 0 Å². The average molecular weight is 237 g/mol. The number of H-pyrrole nitrogens is 1. The van der Waals surface area contributed by atoms with Crippen LogP contribution in [0.1, 0.15) is 24.6 Å². The summed E-state index contributed by atoms with van der Waals surface area (Å²) >= 11 is 0. The Morgan fingerprint density at radius 2 is 2.12 bits per heavy atom. The number of rotatable bonds is 2. The van der Waals surface area contributed by atoms with Crippen LogP contribution < -0.4 is 0 Å². The summed E-state index contributed by atoms with van der Waals surface area (Å²) in [5, 5.41) is 7.12. The van der Waals surface area contributed by atoms with Crippen molar-refractivity contribution in [1.29, 1.82) is 0 Å². The van der Waals surface area contributed by atoms with Gasteiger partial charge in [0.25, 0.3) is 0 Å². The van der Waals surface area contributed by atoms with Gasteiger partial charge in [0.15, 0.2) is 0 Å². The van der Waals surface area contributed by atoms with Crippen molar-refractivity contribution in [3.05, 3.63) is 18.0 Å². The molecule has 0 saturated carbocycles. The molecule has 0 aromatic carbocycles. The third-order valence-electron chi connectivity index (χ3n) is 3.71. The summed E-state index contributed by atoms with van der Waals surface area (Å²) < 4.78 is 11.0. The molecule has 3 heterocycles. The number of aromatic amines is 1. The maximum Gasteiger partial charge on any atom is 0.0755 e. The van der Waals surface area contributed by atoms with Crippen LogP contribution in [-0.4, -0.2) is 54.1 Å².